The van der Waals surface area contributed by atoms with Crippen LogP contribution in [0.1, 0.15) is 11.1 Å². The normalized spacial score (nSPS) is 11.6. The lowest BCUT2D eigenvalue weighted by Crippen LogP contribution is -2.08. The molecule has 0 saturated carbocycles. The lowest BCUT2D eigenvalue weighted by molar-refractivity contribution is -0.137. The molecule has 18 heavy (non-hydrogen) atoms. The Morgan fingerprint density at radius 3 is 2.44 bits per heavy atom. The van der Waals surface area contributed by atoms with Gasteiger partial charge in [0.25, 0.3) is 0 Å². The monoisotopic (exact) mass is 259 g/mol. The van der Waals surface area contributed by atoms with Gasteiger partial charge in [0.2, 0.25) is 0 Å². The van der Waals surface area contributed by atoms with Gasteiger partial charge in [-0.15, -0.1) is 0 Å². The molecule has 1 N–H and O–H groups in total. The Morgan fingerprint density at radius 1 is 1.33 bits per heavy atom. The highest BCUT2D eigenvalue weighted by atomic mass is 19.4. The number of benzene rings is 1. The van der Waals surface area contributed by atoms with Crippen molar-refractivity contribution in [3.05, 3.63) is 47.7 Å². The van der Waals surface area contributed by atoms with E-state index in [9.17, 15) is 18.0 Å². The smallest absolute Gasteiger partial charge is 0.416 e. The van der Waals surface area contributed by atoms with Crippen molar-refractivity contribution in [3.8, 4) is 0 Å². The molecular weight excluding hydrogens is 247 g/mol. The summed E-state index contributed by atoms with van der Waals surface area (Å²) in [6.45, 7) is 0.325. The van der Waals surface area contributed by atoms with Crippen molar-refractivity contribution in [2.75, 3.05) is 7.11 Å². The van der Waals surface area contributed by atoms with Gasteiger partial charge >= 0.3 is 12.1 Å². The molecule has 0 heterocycles. The molecule has 0 amide bonds. The van der Waals surface area contributed by atoms with Crippen molar-refractivity contribution in [3.63, 3.8) is 0 Å². The topological polar surface area (TPSA) is 38.3 Å². The highest BCUT2D eigenvalue weighted by molar-refractivity contribution is 5.81. The second kappa shape index (κ2) is 6.09. The molecule has 0 aliphatic rings. The van der Waals surface area contributed by atoms with Gasteiger partial charge in [0.1, 0.15) is 0 Å². The molecule has 6 heteroatoms. The molecule has 0 fully saturated rings. The quantitative estimate of drug-likeness (QED) is 0.667. The van der Waals surface area contributed by atoms with E-state index in [1.165, 1.54) is 31.5 Å². The lowest BCUT2D eigenvalue weighted by Gasteiger charge is -2.07. The number of carbonyl (C=O) groups excluding carboxylic acids is 1. The summed E-state index contributed by atoms with van der Waals surface area (Å²) in [5, 5.41) is 2.76. The number of halogens is 3. The summed E-state index contributed by atoms with van der Waals surface area (Å²) >= 11 is 0. The summed E-state index contributed by atoms with van der Waals surface area (Å²) in [6.07, 6.45) is -1.76. The third-order valence-corrected chi connectivity index (χ3v) is 2.13. The van der Waals surface area contributed by atoms with Crippen molar-refractivity contribution < 1.29 is 22.7 Å². The molecule has 3 nitrogen and oxygen atoms in total. The Hall–Kier alpha value is -1.98. The molecule has 1 aromatic rings. The molecule has 1 aromatic carbocycles. The molecule has 0 radical (unpaired) electrons. The van der Waals surface area contributed by atoms with E-state index in [4.69, 9.17) is 0 Å². The standard InChI is InChI=1S/C12H12F3NO2/c1-18-11(17)6-7-16-8-9-2-4-10(5-3-9)12(13,14)15/h2-7,16H,8H2,1H3/b7-6+. The van der Waals surface area contributed by atoms with Crippen LogP contribution in [0.5, 0.6) is 0 Å². The number of methoxy groups -OCH3 is 1. The third-order valence-electron chi connectivity index (χ3n) is 2.13. The Kier molecular flexibility index (Phi) is 4.76. The number of ether oxygens (including phenoxy) is 1. The second-order valence-corrected chi connectivity index (χ2v) is 3.43. The van der Waals surface area contributed by atoms with E-state index < -0.39 is 17.7 Å². The molecule has 1 rings (SSSR count). The highest BCUT2D eigenvalue weighted by Gasteiger charge is 2.29. The maximum atomic E-state index is 12.3. The number of hydrogen-bond acceptors (Lipinski definition) is 3. The average Bonchev–Trinajstić information content (AvgIpc) is 2.33. The minimum Gasteiger partial charge on any atom is -0.466 e. The molecular formula is C12H12F3NO2. The van der Waals surface area contributed by atoms with E-state index in [0.717, 1.165) is 12.1 Å². The first kappa shape index (κ1) is 14.1. The maximum absolute atomic E-state index is 12.3. The van der Waals surface area contributed by atoms with E-state index in [-0.39, 0.29) is 0 Å². The van der Waals surface area contributed by atoms with Gasteiger partial charge < -0.3 is 10.1 Å². The average molecular weight is 259 g/mol. The minimum atomic E-state index is -4.32. The van der Waals surface area contributed by atoms with Gasteiger partial charge in [-0.25, -0.2) is 4.79 Å². The van der Waals surface area contributed by atoms with Crippen LogP contribution in [0.25, 0.3) is 0 Å². The number of esters is 1. The fraction of sp³-hybridized carbons (Fsp3) is 0.250. The lowest BCUT2D eigenvalue weighted by atomic mass is 10.1. The summed E-state index contributed by atoms with van der Waals surface area (Å²) in [7, 11) is 1.25. The molecule has 0 aliphatic carbocycles. The highest BCUT2D eigenvalue weighted by Crippen LogP contribution is 2.28. The number of carbonyl (C=O) groups is 1. The number of alkyl halides is 3. The fourth-order valence-electron chi connectivity index (χ4n) is 1.18. The first-order valence-electron chi connectivity index (χ1n) is 5.07. The maximum Gasteiger partial charge on any atom is 0.416 e. The predicted molar refractivity (Wildman–Crippen MR) is 59.4 cm³/mol. The van der Waals surface area contributed by atoms with Gasteiger partial charge in [-0.3, -0.25) is 0 Å². The van der Waals surface area contributed by atoms with Crippen LogP contribution in [0, 0.1) is 0 Å². The largest absolute Gasteiger partial charge is 0.466 e. The Labute approximate surface area is 102 Å². The summed E-state index contributed by atoms with van der Waals surface area (Å²) in [5.41, 5.74) is -0.00568. The Bertz CT molecular complexity index is 424. The van der Waals surface area contributed by atoms with E-state index in [0.29, 0.717) is 12.1 Å². The summed E-state index contributed by atoms with van der Waals surface area (Å²) in [5.74, 6) is -0.505. The van der Waals surface area contributed by atoms with Crippen molar-refractivity contribution in [2.24, 2.45) is 0 Å². The molecule has 0 saturated heterocycles. The molecule has 0 unspecified atom stereocenters. The van der Waals surface area contributed by atoms with Crippen LogP contribution in [-0.4, -0.2) is 13.1 Å². The van der Waals surface area contributed by atoms with Gasteiger partial charge in [-0.2, -0.15) is 13.2 Å². The van der Waals surface area contributed by atoms with Crippen molar-refractivity contribution in [1.82, 2.24) is 5.32 Å². The molecule has 98 valence electrons. The fourth-order valence-corrected chi connectivity index (χ4v) is 1.18. The minimum absolute atomic E-state index is 0.325. The van der Waals surface area contributed by atoms with Crippen molar-refractivity contribution in [1.29, 1.82) is 0 Å². The molecule has 0 aliphatic heterocycles. The van der Waals surface area contributed by atoms with Gasteiger partial charge in [-0.1, -0.05) is 12.1 Å². The number of hydrogen-bond donors (Lipinski definition) is 1. The summed E-state index contributed by atoms with van der Waals surface area (Å²) < 4.78 is 41.2. The molecule has 0 aromatic heterocycles. The predicted octanol–water partition coefficient (Wildman–Crippen LogP) is 2.48. The van der Waals surface area contributed by atoms with Crippen molar-refractivity contribution >= 4 is 5.97 Å². The Morgan fingerprint density at radius 2 is 1.94 bits per heavy atom. The van der Waals surface area contributed by atoms with Crippen LogP contribution in [-0.2, 0) is 22.3 Å². The zero-order chi connectivity index (χ0) is 13.6. The third kappa shape index (κ3) is 4.48. The van der Waals surface area contributed by atoms with E-state index in [1.807, 2.05) is 0 Å². The molecule has 0 bridgehead atoms. The Balaban J connectivity index is 2.50. The van der Waals surface area contributed by atoms with Gasteiger partial charge in [-0.05, 0) is 17.7 Å². The SMILES string of the molecule is COC(=O)/C=C/NCc1ccc(C(F)(F)F)cc1. The van der Waals surface area contributed by atoms with E-state index >= 15 is 0 Å². The van der Waals surface area contributed by atoms with Gasteiger partial charge in [0, 0.05) is 18.8 Å². The van der Waals surface area contributed by atoms with E-state index in [1.54, 1.807) is 0 Å². The van der Waals surface area contributed by atoms with Crippen LogP contribution in [0.4, 0.5) is 13.2 Å². The van der Waals surface area contributed by atoms with Crippen LogP contribution in [0.15, 0.2) is 36.5 Å². The molecule has 0 atom stereocenters. The van der Waals surface area contributed by atoms with Gasteiger partial charge in [0.05, 0.1) is 12.7 Å². The van der Waals surface area contributed by atoms with Crippen LogP contribution >= 0.6 is 0 Å². The van der Waals surface area contributed by atoms with E-state index in [2.05, 4.69) is 10.1 Å². The van der Waals surface area contributed by atoms with Crippen LogP contribution in [0.3, 0.4) is 0 Å². The van der Waals surface area contributed by atoms with Gasteiger partial charge in [0.15, 0.2) is 0 Å². The summed E-state index contributed by atoms with van der Waals surface area (Å²) in [6, 6.07) is 4.78. The van der Waals surface area contributed by atoms with Crippen LogP contribution < -0.4 is 5.32 Å². The number of rotatable bonds is 4. The first-order chi connectivity index (χ1) is 8.43. The second-order valence-electron chi connectivity index (χ2n) is 3.43. The zero-order valence-electron chi connectivity index (χ0n) is 9.62. The zero-order valence-corrected chi connectivity index (χ0v) is 9.62. The first-order valence-corrected chi connectivity index (χ1v) is 5.07. The van der Waals surface area contributed by atoms with Crippen LogP contribution in [0.2, 0.25) is 0 Å². The number of nitrogens with one attached hydrogen (secondary N) is 1. The van der Waals surface area contributed by atoms with Crippen molar-refractivity contribution in [2.45, 2.75) is 12.7 Å². The summed E-state index contributed by atoms with van der Waals surface area (Å²) in [4.78, 5) is 10.7. The molecule has 0 spiro atoms.